The van der Waals surface area contributed by atoms with E-state index in [4.69, 9.17) is 5.73 Å². The molecular formula is C13H16BrN3. The molecule has 0 amide bonds. The fourth-order valence-corrected chi connectivity index (χ4v) is 2.34. The number of nitrogen functional groups attached to an aromatic ring is 1. The maximum atomic E-state index is 5.97. The van der Waals surface area contributed by atoms with Crippen molar-refractivity contribution in [1.82, 2.24) is 9.78 Å². The number of hydrogen-bond donors (Lipinski definition) is 1. The van der Waals surface area contributed by atoms with Gasteiger partial charge in [0.25, 0.3) is 0 Å². The monoisotopic (exact) mass is 293 g/mol. The van der Waals surface area contributed by atoms with Gasteiger partial charge >= 0.3 is 0 Å². The van der Waals surface area contributed by atoms with Gasteiger partial charge < -0.3 is 5.73 Å². The van der Waals surface area contributed by atoms with E-state index in [1.54, 1.807) is 0 Å². The summed E-state index contributed by atoms with van der Waals surface area (Å²) in [4.78, 5) is 0. The molecule has 2 rings (SSSR count). The van der Waals surface area contributed by atoms with E-state index in [-0.39, 0.29) is 0 Å². The lowest BCUT2D eigenvalue weighted by Gasteiger charge is -2.09. The van der Waals surface area contributed by atoms with E-state index in [1.165, 1.54) is 0 Å². The molecule has 0 saturated carbocycles. The van der Waals surface area contributed by atoms with Crippen LogP contribution in [0.3, 0.4) is 0 Å². The van der Waals surface area contributed by atoms with Crippen LogP contribution in [0.5, 0.6) is 0 Å². The Labute approximate surface area is 110 Å². The van der Waals surface area contributed by atoms with Gasteiger partial charge in [0.2, 0.25) is 0 Å². The molecule has 0 unspecified atom stereocenters. The van der Waals surface area contributed by atoms with E-state index >= 15 is 0 Å². The van der Waals surface area contributed by atoms with Crippen molar-refractivity contribution in [2.24, 2.45) is 7.05 Å². The first-order valence-electron chi connectivity index (χ1n) is 5.59. The number of anilines is 1. The lowest BCUT2D eigenvalue weighted by atomic mass is 9.98. The van der Waals surface area contributed by atoms with Gasteiger partial charge in [-0.25, -0.2) is 0 Å². The molecule has 0 fully saturated rings. The molecular weight excluding hydrogens is 278 g/mol. The first-order valence-corrected chi connectivity index (χ1v) is 6.38. The zero-order valence-electron chi connectivity index (χ0n) is 10.2. The van der Waals surface area contributed by atoms with Gasteiger partial charge in [0.15, 0.2) is 0 Å². The van der Waals surface area contributed by atoms with Gasteiger partial charge in [-0.2, -0.15) is 5.10 Å². The quantitative estimate of drug-likeness (QED) is 0.920. The van der Waals surface area contributed by atoms with Crippen LogP contribution in [-0.2, 0) is 7.05 Å². The zero-order chi connectivity index (χ0) is 12.6. The van der Waals surface area contributed by atoms with E-state index < -0.39 is 0 Å². The SMILES string of the molecule is CC(C)c1c(N)nn(C)c1-c1ccc(Br)cc1. The summed E-state index contributed by atoms with van der Waals surface area (Å²) in [5.74, 6) is 0.989. The number of rotatable bonds is 2. The zero-order valence-corrected chi connectivity index (χ0v) is 11.8. The van der Waals surface area contributed by atoms with Gasteiger partial charge in [0, 0.05) is 22.6 Å². The summed E-state index contributed by atoms with van der Waals surface area (Å²) in [7, 11) is 1.93. The van der Waals surface area contributed by atoms with Gasteiger partial charge in [0.05, 0.1) is 5.69 Å². The highest BCUT2D eigenvalue weighted by Crippen LogP contribution is 2.33. The Kier molecular flexibility index (Phi) is 3.24. The molecule has 3 nitrogen and oxygen atoms in total. The summed E-state index contributed by atoms with van der Waals surface area (Å²) in [6.07, 6.45) is 0. The summed E-state index contributed by atoms with van der Waals surface area (Å²) in [6, 6.07) is 8.21. The van der Waals surface area contributed by atoms with Crippen molar-refractivity contribution in [3.8, 4) is 11.3 Å². The van der Waals surface area contributed by atoms with Crippen LogP contribution >= 0.6 is 15.9 Å². The molecule has 4 heteroatoms. The van der Waals surface area contributed by atoms with Crippen molar-refractivity contribution in [1.29, 1.82) is 0 Å². The van der Waals surface area contributed by atoms with Crippen molar-refractivity contribution in [2.45, 2.75) is 19.8 Å². The smallest absolute Gasteiger partial charge is 0.149 e. The number of halogens is 1. The molecule has 1 heterocycles. The molecule has 1 aromatic heterocycles. The van der Waals surface area contributed by atoms with Crippen LogP contribution < -0.4 is 5.73 Å². The Morgan fingerprint density at radius 3 is 2.35 bits per heavy atom. The number of aromatic nitrogens is 2. The average Bonchev–Trinajstić information content (AvgIpc) is 2.55. The van der Waals surface area contributed by atoms with E-state index in [0.717, 1.165) is 21.3 Å². The van der Waals surface area contributed by atoms with Crippen molar-refractivity contribution in [2.75, 3.05) is 5.73 Å². The first-order chi connectivity index (χ1) is 8.00. The predicted molar refractivity (Wildman–Crippen MR) is 74.8 cm³/mol. The van der Waals surface area contributed by atoms with Gasteiger partial charge in [-0.3, -0.25) is 4.68 Å². The first kappa shape index (κ1) is 12.2. The third-order valence-corrected chi connectivity index (χ3v) is 3.34. The highest BCUT2D eigenvalue weighted by atomic mass is 79.9. The predicted octanol–water partition coefficient (Wildman–Crippen LogP) is 3.56. The summed E-state index contributed by atoms with van der Waals surface area (Å²) < 4.78 is 2.93. The number of nitrogens with zero attached hydrogens (tertiary/aromatic N) is 2. The minimum absolute atomic E-state index is 0.363. The molecule has 0 atom stereocenters. The molecule has 0 bridgehead atoms. The second kappa shape index (κ2) is 4.53. The minimum Gasteiger partial charge on any atom is -0.382 e. The van der Waals surface area contributed by atoms with Gasteiger partial charge in [-0.05, 0) is 18.1 Å². The Hall–Kier alpha value is -1.29. The van der Waals surface area contributed by atoms with Gasteiger partial charge in [-0.1, -0.05) is 41.9 Å². The maximum Gasteiger partial charge on any atom is 0.149 e. The van der Waals surface area contributed by atoms with E-state index in [2.05, 4.69) is 47.0 Å². The second-order valence-electron chi connectivity index (χ2n) is 4.43. The van der Waals surface area contributed by atoms with Crippen LogP contribution in [-0.4, -0.2) is 9.78 Å². The molecule has 1 aromatic carbocycles. The van der Waals surface area contributed by atoms with Gasteiger partial charge in [-0.15, -0.1) is 0 Å². The molecule has 2 N–H and O–H groups in total. The van der Waals surface area contributed by atoms with E-state index in [1.807, 2.05) is 23.9 Å². The highest BCUT2D eigenvalue weighted by molar-refractivity contribution is 9.10. The summed E-state index contributed by atoms with van der Waals surface area (Å²) in [5, 5.41) is 4.31. The van der Waals surface area contributed by atoms with Crippen LogP contribution in [0.15, 0.2) is 28.7 Å². The molecule has 0 aliphatic heterocycles. The van der Waals surface area contributed by atoms with Gasteiger partial charge in [0.1, 0.15) is 5.82 Å². The molecule has 0 saturated heterocycles. The minimum atomic E-state index is 0.363. The molecule has 0 spiro atoms. The number of aryl methyl sites for hydroxylation is 1. The third-order valence-electron chi connectivity index (χ3n) is 2.81. The fraction of sp³-hybridized carbons (Fsp3) is 0.308. The molecule has 0 radical (unpaired) electrons. The second-order valence-corrected chi connectivity index (χ2v) is 5.35. The number of hydrogen-bond acceptors (Lipinski definition) is 2. The fourth-order valence-electron chi connectivity index (χ4n) is 2.08. The molecule has 90 valence electrons. The molecule has 0 aliphatic carbocycles. The van der Waals surface area contributed by atoms with Crippen LogP contribution in [0.25, 0.3) is 11.3 Å². The van der Waals surface area contributed by atoms with E-state index in [0.29, 0.717) is 11.7 Å². The lowest BCUT2D eigenvalue weighted by molar-refractivity contribution is 0.777. The molecule has 0 aliphatic rings. The maximum absolute atomic E-state index is 5.97. The van der Waals surface area contributed by atoms with Crippen LogP contribution in [0.1, 0.15) is 25.3 Å². The summed E-state index contributed by atoms with van der Waals surface area (Å²) in [6.45, 7) is 4.27. The van der Waals surface area contributed by atoms with E-state index in [9.17, 15) is 0 Å². The largest absolute Gasteiger partial charge is 0.382 e. The van der Waals surface area contributed by atoms with Crippen LogP contribution in [0.2, 0.25) is 0 Å². The van der Waals surface area contributed by atoms with Crippen LogP contribution in [0.4, 0.5) is 5.82 Å². The Morgan fingerprint density at radius 2 is 1.82 bits per heavy atom. The van der Waals surface area contributed by atoms with Crippen LogP contribution in [0, 0.1) is 0 Å². The van der Waals surface area contributed by atoms with Crippen molar-refractivity contribution in [3.05, 3.63) is 34.3 Å². The Morgan fingerprint density at radius 1 is 1.24 bits per heavy atom. The van der Waals surface area contributed by atoms with Crippen molar-refractivity contribution in [3.63, 3.8) is 0 Å². The summed E-state index contributed by atoms with van der Waals surface area (Å²) >= 11 is 3.44. The average molecular weight is 294 g/mol. The molecule has 2 aromatic rings. The van der Waals surface area contributed by atoms with Crippen molar-refractivity contribution >= 4 is 21.7 Å². The third kappa shape index (κ3) is 2.22. The normalized spacial score (nSPS) is 11.1. The highest BCUT2D eigenvalue weighted by Gasteiger charge is 2.18. The molecule has 17 heavy (non-hydrogen) atoms. The Bertz CT molecular complexity index is 526. The topological polar surface area (TPSA) is 43.8 Å². The van der Waals surface area contributed by atoms with Crippen molar-refractivity contribution < 1.29 is 0 Å². The standard InChI is InChI=1S/C13H16BrN3/c1-8(2)11-12(17(3)16-13(11)15)9-4-6-10(14)7-5-9/h4-8H,1-3H3,(H2,15,16). The Balaban J connectivity index is 2.62. The number of nitrogens with two attached hydrogens (primary N) is 1. The lowest BCUT2D eigenvalue weighted by Crippen LogP contribution is -1.97. The summed E-state index contributed by atoms with van der Waals surface area (Å²) in [5.41, 5.74) is 9.33. The number of benzene rings is 1.